The van der Waals surface area contributed by atoms with Gasteiger partial charge in [-0.15, -0.1) is 10.2 Å². The van der Waals surface area contributed by atoms with Crippen molar-refractivity contribution in [2.45, 2.75) is 23.9 Å². The highest BCUT2D eigenvalue weighted by Crippen LogP contribution is 2.38. The minimum atomic E-state index is -0.384. The van der Waals surface area contributed by atoms with Crippen molar-refractivity contribution in [3.63, 3.8) is 0 Å². The molecule has 29 heavy (non-hydrogen) atoms. The summed E-state index contributed by atoms with van der Waals surface area (Å²) in [6, 6.07) is 19.3. The average Bonchev–Trinajstić information content (AvgIpc) is 3.21. The third-order valence-electron chi connectivity index (χ3n) is 4.93. The number of aromatic nitrogens is 3. The van der Waals surface area contributed by atoms with E-state index in [1.165, 1.54) is 11.8 Å². The van der Waals surface area contributed by atoms with E-state index in [4.69, 9.17) is 4.74 Å². The highest BCUT2D eigenvalue weighted by atomic mass is 32.2. The zero-order valence-electron chi connectivity index (χ0n) is 16.4. The fraction of sp³-hybridized carbons (Fsp3) is 0.318. The highest BCUT2D eigenvalue weighted by molar-refractivity contribution is 8.00. The predicted molar refractivity (Wildman–Crippen MR) is 115 cm³/mol. The Labute approximate surface area is 174 Å². The van der Waals surface area contributed by atoms with Gasteiger partial charge in [0, 0.05) is 25.2 Å². The van der Waals surface area contributed by atoms with Crippen LogP contribution < -0.4 is 4.90 Å². The zero-order chi connectivity index (χ0) is 20.1. The van der Waals surface area contributed by atoms with Gasteiger partial charge in [-0.2, -0.15) is 0 Å². The zero-order valence-corrected chi connectivity index (χ0v) is 17.2. The number of ketones is 1. The molecular weight excluding hydrogens is 384 g/mol. The van der Waals surface area contributed by atoms with Crippen LogP contribution in [-0.2, 0) is 11.3 Å². The molecule has 7 heteroatoms. The lowest BCUT2D eigenvalue weighted by Crippen LogP contribution is -2.38. The van der Waals surface area contributed by atoms with Crippen LogP contribution in [-0.4, -0.2) is 46.9 Å². The van der Waals surface area contributed by atoms with Crippen molar-refractivity contribution < 1.29 is 9.53 Å². The first-order valence-electron chi connectivity index (χ1n) is 9.84. The number of hydrogen-bond acceptors (Lipinski definition) is 6. The summed E-state index contributed by atoms with van der Waals surface area (Å²) in [6.07, 6.45) is 0. The first-order chi connectivity index (χ1) is 14.3. The predicted octanol–water partition coefficient (Wildman–Crippen LogP) is 3.85. The van der Waals surface area contributed by atoms with Gasteiger partial charge in [0.05, 0.1) is 13.2 Å². The number of nitrogens with zero attached hydrogens (tertiary/aromatic N) is 4. The van der Waals surface area contributed by atoms with Crippen molar-refractivity contribution in [1.82, 2.24) is 14.8 Å². The molecule has 6 nitrogen and oxygen atoms in total. The molecule has 0 N–H and O–H groups in total. The van der Waals surface area contributed by atoms with Crippen LogP contribution in [0.5, 0.6) is 0 Å². The van der Waals surface area contributed by atoms with Gasteiger partial charge in [0.25, 0.3) is 0 Å². The number of benzene rings is 2. The molecule has 2 heterocycles. The molecule has 2 aromatic carbocycles. The van der Waals surface area contributed by atoms with E-state index >= 15 is 0 Å². The number of hydrogen-bond donors (Lipinski definition) is 0. The lowest BCUT2D eigenvalue weighted by atomic mass is 10.0. The molecule has 1 fully saturated rings. The van der Waals surface area contributed by atoms with Crippen LogP contribution in [0.4, 0.5) is 5.95 Å². The van der Waals surface area contributed by atoms with E-state index in [0.717, 1.165) is 36.3 Å². The molecule has 0 amide bonds. The largest absolute Gasteiger partial charge is 0.378 e. The Balaban J connectivity index is 1.66. The van der Waals surface area contributed by atoms with Crippen molar-refractivity contribution in [3.05, 3.63) is 71.8 Å². The molecule has 0 spiro atoms. The van der Waals surface area contributed by atoms with Crippen molar-refractivity contribution >= 4 is 23.5 Å². The number of anilines is 1. The maximum Gasteiger partial charge on any atom is 0.228 e. The number of thioether (sulfide) groups is 1. The molecule has 1 aliphatic rings. The SMILES string of the molecule is CCn1c(S[C@@H](C(=O)c2ccccc2)c2ccccc2)nnc1N1CCOCC1. The van der Waals surface area contributed by atoms with Crippen LogP contribution in [0.3, 0.4) is 0 Å². The van der Waals surface area contributed by atoms with Crippen molar-refractivity contribution in [2.75, 3.05) is 31.2 Å². The van der Waals surface area contributed by atoms with Gasteiger partial charge in [0.2, 0.25) is 5.95 Å². The summed E-state index contributed by atoms with van der Waals surface area (Å²) >= 11 is 1.46. The van der Waals surface area contributed by atoms with Gasteiger partial charge in [0.15, 0.2) is 10.9 Å². The van der Waals surface area contributed by atoms with Crippen molar-refractivity contribution in [1.29, 1.82) is 0 Å². The maximum absolute atomic E-state index is 13.4. The van der Waals surface area contributed by atoms with Gasteiger partial charge < -0.3 is 9.64 Å². The molecule has 0 saturated carbocycles. The average molecular weight is 409 g/mol. The molecule has 4 rings (SSSR count). The van der Waals surface area contributed by atoms with Gasteiger partial charge in [-0.25, -0.2) is 0 Å². The lowest BCUT2D eigenvalue weighted by Gasteiger charge is -2.27. The Morgan fingerprint density at radius 2 is 1.69 bits per heavy atom. The molecule has 1 aromatic heterocycles. The number of ether oxygens (including phenoxy) is 1. The molecule has 1 saturated heterocycles. The van der Waals surface area contributed by atoms with Crippen LogP contribution >= 0.6 is 11.8 Å². The Hall–Kier alpha value is -2.64. The summed E-state index contributed by atoms with van der Waals surface area (Å²) in [5.74, 6) is 0.914. The monoisotopic (exact) mass is 408 g/mol. The Morgan fingerprint density at radius 3 is 2.34 bits per heavy atom. The van der Waals surface area contributed by atoms with Crippen LogP contribution in [0.2, 0.25) is 0 Å². The number of carbonyl (C=O) groups excluding carboxylic acids is 1. The van der Waals surface area contributed by atoms with Gasteiger partial charge in [-0.05, 0) is 12.5 Å². The van der Waals surface area contributed by atoms with Gasteiger partial charge in [-0.3, -0.25) is 9.36 Å². The number of rotatable bonds is 7. The summed E-state index contributed by atoms with van der Waals surface area (Å²) in [5, 5.41) is 9.26. The van der Waals surface area contributed by atoms with E-state index in [1.807, 2.05) is 60.7 Å². The van der Waals surface area contributed by atoms with E-state index in [-0.39, 0.29) is 11.0 Å². The molecule has 1 aliphatic heterocycles. The molecule has 0 bridgehead atoms. The molecule has 1 atom stereocenters. The van der Waals surface area contributed by atoms with E-state index < -0.39 is 0 Å². The van der Waals surface area contributed by atoms with Crippen LogP contribution in [0, 0.1) is 0 Å². The molecule has 150 valence electrons. The second-order valence-corrected chi connectivity index (χ2v) is 7.84. The third kappa shape index (κ3) is 4.36. The molecule has 0 unspecified atom stereocenters. The molecular formula is C22H24N4O2S. The Bertz CT molecular complexity index is 940. The topological polar surface area (TPSA) is 60.2 Å². The number of carbonyl (C=O) groups is 1. The summed E-state index contributed by atoms with van der Waals surface area (Å²) in [5.41, 5.74) is 1.66. The summed E-state index contributed by atoms with van der Waals surface area (Å²) in [7, 11) is 0. The molecule has 0 aliphatic carbocycles. The molecule has 0 radical (unpaired) electrons. The van der Waals surface area contributed by atoms with E-state index in [2.05, 4.69) is 26.6 Å². The summed E-state index contributed by atoms with van der Waals surface area (Å²) in [6.45, 7) is 5.80. The number of morpholine rings is 1. The Morgan fingerprint density at radius 1 is 1.03 bits per heavy atom. The minimum Gasteiger partial charge on any atom is -0.378 e. The van der Waals surface area contributed by atoms with E-state index in [9.17, 15) is 4.79 Å². The summed E-state index contributed by atoms with van der Waals surface area (Å²) in [4.78, 5) is 15.5. The fourth-order valence-corrected chi connectivity index (χ4v) is 4.58. The quantitative estimate of drug-likeness (QED) is 0.437. The fourth-order valence-electron chi connectivity index (χ4n) is 3.40. The standard InChI is InChI=1S/C22H24N4O2S/c1-2-26-21(25-13-15-28-16-14-25)23-24-22(26)29-20(18-11-7-4-8-12-18)19(27)17-9-5-3-6-10-17/h3-12,20H,2,13-16H2,1H3/t20-/m1/s1. The van der Waals surface area contributed by atoms with Gasteiger partial charge in [-0.1, -0.05) is 72.4 Å². The normalized spacial score (nSPS) is 15.3. The van der Waals surface area contributed by atoms with Crippen molar-refractivity contribution in [2.24, 2.45) is 0 Å². The third-order valence-corrected chi connectivity index (χ3v) is 6.16. The van der Waals surface area contributed by atoms with Gasteiger partial charge >= 0.3 is 0 Å². The van der Waals surface area contributed by atoms with Crippen molar-refractivity contribution in [3.8, 4) is 0 Å². The first-order valence-corrected chi connectivity index (χ1v) is 10.7. The summed E-state index contributed by atoms with van der Waals surface area (Å²) < 4.78 is 7.54. The van der Waals surface area contributed by atoms with Gasteiger partial charge in [0.1, 0.15) is 5.25 Å². The van der Waals surface area contributed by atoms with E-state index in [0.29, 0.717) is 18.8 Å². The highest BCUT2D eigenvalue weighted by Gasteiger charge is 2.27. The number of Topliss-reactive ketones (excluding diaryl/α,β-unsaturated/α-hetero) is 1. The lowest BCUT2D eigenvalue weighted by molar-refractivity contribution is 0.0989. The van der Waals surface area contributed by atoms with Crippen LogP contribution in [0.1, 0.15) is 28.1 Å². The van der Waals surface area contributed by atoms with Crippen LogP contribution in [0.25, 0.3) is 0 Å². The minimum absolute atomic E-state index is 0.0698. The van der Waals surface area contributed by atoms with Crippen LogP contribution in [0.15, 0.2) is 65.8 Å². The molecule has 3 aromatic rings. The maximum atomic E-state index is 13.4. The second kappa shape index (κ2) is 9.24. The smallest absolute Gasteiger partial charge is 0.228 e. The Kier molecular flexibility index (Phi) is 6.27. The first kappa shape index (κ1) is 19.7. The second-order valence-electron chi connectivity index (χ2n) is 6.77. The van der Waals surface area contributed by atoms with E-state index in [1.54, 1.807) is 0 Å².